The summed E-state index contributed by atoms with van der Waals surface area (Å²) in [5, 5.41) is 3.69. The van der Waals surface area contributed by atoms with E-state index < -0.39 is 0 Å². The largest absolute Gasteiger partial charge is 0.309 e. The second-order valence-electron chi connectivity index (χ2n) is 7.83. The first-order valence-corrected chi connectivity index (χ1v) is 8.42. The molecule has 1 heterocycles. The maximum Gasteiger partial charge on any atom is 0.0252 e. The highest BCUT2D eigenvalue weighted by atomic mass is 15.2. The second kappa shape index (κ2) is 7.77. The zero-order valence-electron chi connectivity index (χ0n) is 14.9. The Morgan fingerprint density at radius 1 is 1.20 bits per heavy atom. The van der Waals surface area contributed by atoms with Crippen molar-refractivity contribution in [3.63, 3.8) is 0 Å². The molecule has 120 valence electrons. The summed E-state index contributed by atoms with van der Waals surface area (Å²) in [6, 6.07) is 1.36. The van der Waals surface area contributed by atoms with Gasteiger partial charge in [-0.3, -0.25) is 4.90 Å². The average Bonchev–Trinajstić information content (AvgIpc) is 2.32. The molecule has 0 radical (unpaired) electrons. The van der Waals surface area contributed by atoms with Crippen molar-refractivity contribution in [1.29, 1.82) is 0 Å². The number of unbranched alkanes of at least 4 members (excludes halogenated alkanes) is 1. The lowest BCUT2D eigenvalue weighted by Crippen LogP contribution is -2.62. The second-order valence-corrected chi connectivity index (χ2v) is 7.83. The molecule has 1 N–H and O–H groups in total. The van der Waals surface area contributed by atoms with Gasteiger partial charge in [0.2, 0.25) is 0 Å². The van der Waals surface area contributed by atoms with Gasteiger partial charge in [-0.25, -0.2) is 0 Å². The summed E-state index contributed by atoms with van der Waals surface area (Å²) >= 11 is 0. The predicted octanol–water partition coefficient (Wildman–Crippen LogP) is 2.82. The summed E-state index contributed by atoms with van der Waals surface area (Å²) in [7, 11) is 2.23. The molecular weight excluding hydrogens is 246 g/mol. The SMILES string of the molecule is CC(C)C1CNC(C)(C)CN1CCCCN(C)C(C)C. The van der Waals surface area contributed by atoms with Gasteiger partial charge in [-0.1, -0.05) is 13.8 Å². The number of nitrogens with one attached hydrogen (secondary N) is 1. The first-order chi connectivity index (χ1) is 9.23. The first kappa shape index (κ1) is 17.9. The Kier molecular flexibility index (Phi) is 6.96. The molecule has 0 aromatic heterocycles. The van der Waals surface area contributed by atoms with Crippen LogP contribution in [0.5, 0.6) is 0 Å². The van der Waals surface area contributed by atoms with Gasteiger partial charge in [0.1, 0.15) is 0 Å². The van der Waals surface area contributed by atoms with E-state index in [1.807, 2.05) is 0 Å². The first-order valence-electron chi connectivity index (χ1n) is 8.42. The highest BCUT2D eigenvalue weighted by Crippen LogP contribution is 2.20. The molecule has 1 aliphatic heterocycles. The van der Waals surface area contributed by atoms with Gasteiger partial charge >= 0.3 is 0 Å². The van der Waals surface area contributed by atoms with Crippen molar-refractivity contribution in [2.75, 3.05) is 33.2 Å². The van der Waals surface area contributed by atoms with Gasteiger partial charge in [-0.15, -0.1) is 0 Å². The molecule has 1 aliphatic rings. The molecule has 3 heteroatoms. The summed E-state index contributed by atoms with van der Waals surface area (Å²) in [6.07, 6.45) is 2.63. The molecule has 1 rings (SSSR count). The molecule has 3 nitrogen and oxygen atoms in total. The van der Waals surface area contributed by atoms with Crippen molar-refractivity contribution < 1.29 is 0 Å². The minimum atomic E-state index is 0.264. The van der Waals surface area contributed by atoms with Gasteiger partial charge in [0, 0.05) is 30.7 Å². The quantitative estimate of drug-likeness (QED) is 0.725. The normalized spacial score (nSPS) is 24.0. The number of hydrogen-bond donors (Lipinski definition) is 1. The van der Waals surface area contributed by atoms with Crippen molar-refractivity contribution in [1.82, 2.24) is 15.1 Å². The fourth-order valence-electron chi connectivity index (χ4n) is 3.03. The van der Waals surface area contributed by atoms with Crippen LogP contribution < -0.4 is 5.32 Å². The maximum atomic E-state index is 3.69. The molecule has 0 amide bonds. The maximum absolute atomic E-state index is 3.69. The van der Waals surface area contributed by atoms with Gasteiger partial charge in [0.15, 0.2) is 0 Å². The van der Waals surface area contributed by atoms with Crippen LogP contribution in [0.1, 0.15) is 54.4 Å². The van der Waals surface area contributed by atoms with Crippen molar-refractivity contribution >= 4 is 0 Å². The van der Waals surface area contributed by atoms with E-state index in [9.17, 15) is 0 Å². The van der Waals surface area contributed by atoms with Crippen LogP contribution in [-0.4, -0.2) is 60.6 Å². The summed E-state index contributed by atoms with van der Waals surface area (Å²) in [4.78, 5) is 5.16. The molecular formula is C17H37N3. The summed E-state index contributed by atoms with van der Waals surface area (Å²) in [5.41, 5.74) is 0.264. The van der Waals surface area contributed by atoms with Crippen LogP contribution in [0.25, 0.3) is 0 Å². The van der Waals surface area contributed by atoms with E-state index >= 15 is 0 Å². The molecule has 1 unspecified atom stereocenters. The van der Waals surface area contributed by atoms with Crippen LogP contribution in [0.2, 0.25) is 0 Å². The number of piperazine rings is 1. The molecule has 1 fully saturated rings. The monoisotopic (exact) mass is 283 g/mol. The number of nitrogens with zero attached hydrogens (tertiary/aromatic N) is 2. The number of hydrogen-bond acceptors (Lipinski definition) is 3. The van der Waals surface area contributed by atoms with Crippen LogP contribution >= 0.6 is 0 Å². The van der Waals surface area contributed by atoms with E-state index in [-0.39, 0.29) is 5.54 Å². The topological polar surface area (TPSA) is 18.5 Å². The molecule has 0 bridgehead atoms. The van der Waals surface area contributed by atoms with E-state index in [0.29, 0.717) is 12.1 Å². The van der Waals surface area contributed by atoms with Crippen LogP contribution in [0.3, 0.4) is 0 Å². The van der Waals surface area contributed by atoms with Gasteiger partial charge in [0.25, 0.3) is 0 Å². The van der Waals surface area contributed by atoms with Crippen LogP contribution in [0.15, 0.2) is 0 Å². The highest BCUT2D eigenvalue weighted by molar-refractivity contribution is 4.93. The molecule has 1 atom stereocenters. The fourth-order valence-corrected chi connectivity index (χ4v) is 3.03. The summed E-state index contributed by atoms with van der Waals surface area (Å²) in [5.74, 6) is 0.733. The van der Waals surface area contributed by atoms with Crippen LogP contribution in [-0.2, 0) is 0 Å². The lowest BCUT2D eigenvalue weighted by atomic mass is 9.93. The Bertz CT molecular complexity index is 273. The Balaban J connectivity index is 2.38. The molecule has 0 spiro atoms. The third kappa shape index (κ3) is 5.71. The molecule has 0 saturated carbocycles. The lowest BCUT2D eigenvalue weighted by molar-refractivity contribution is 0.0671. The zero-order chi connectivity index (χ0) is 15.3. The Morgan fingerprint density at radius 2 is 1.85 bits per heavy atom. The number of rotatable bonds is 7. The smallest absolute Gasteiger partial charge is 0.0252 e. The Labute approximate surface area is 127 Å². The van der Waals surface area contributed by atoms with Gasteiger partial charge in [-0.2, -0.15) is 0 Å². The average molecular weight is 284 g/mol. The Hall–Kier alpha value is -0.120. The van der Waals surface area contributed by atoms with Crippen LogP contribution in [0, 0.1) is 5.92 Å². The van der Waals surface area contributed by atoms with Crippen molar-refractivity contribution in [2.24, 2.45) is 5.92 Å². The highest BCUT2D eigenvalue weighted by Gasteiger charge is 2.33. The van der Waals surface area contributed by atoms with Gasteiger partial charge in [0.05, 0.1) is 0 Å². The van der Waals surface area contributed by atoms with E-state index in [1.54, 1.807) is 0 Å². The van der Waals surface area contributed by atoms with Gasteiger partial charge < -0.3 is 10.2 Å². The molecule has 0 aliphatic carbocycles. The van der Waals surface area contributed by atoms with E-state index in [0.717, 1.165) is 12.5 Å². The van der Waals surface area contributed by atoms with Gasteiger partial charge in [-0.05, 0) is 66.6 Å². The molecule has 1 saturated heterocycles. The third-order valence-corrected chi connectivity index (χ3v) is 4.71. The minimum Gasteiger partial charge on any atom is -0.309 e. The summed E-state index contributed by atoms with van der Waals surface area (Å²) < 4.78 is 0. The van der Waals surface area contributed by atoms with E-state index in [2.05, 4.69) is 63.7 Å². The predicted molar refractivity (Wildman–Crippen MR) is 89.3 cm³/mol. The molecule has 0 aromatic rings. The minimum absolute atomic E-state index is 0.264. The summed E-state index contributed by atoms with van der Waals surface area (Å²) in [6.45, 7) is 18.7. The molecule has 0 aromatic carbocycles. The molecule has 20 heavy (non-hydrogen) atoms. The van der Waals surface area contributed by atoms with Crippen molar-refractivity contribution in [2.45, 2.75) is 72.0 Å². The van der Waals surface area contributed by atoms with Crippen molar-refractivity contribution in [3.8, 4) is 0 Å². The van der Waals surface area contributed by atoms with E-state index in [1.165, 1.54) is 32.5 Å². The standard InChI is InChI=1S/C17H37N3/c1-14(2)16-12-18-17(5,6)13-20(16)11-9-8-10-19(7)15(3)4/h14-16,18H,8-13H2,1-7H3. The van der Waals surface area contributed by atoms with Crippen LogP contribution in [0.4, 0.5) is 0 Å². The Morgan fingerprint density at radius 3 is 2.40 bits per heavy atom. The van der Waals surface area contributed by atoms with Crippen molar-refractivity contribution in [3.05, 3.63) is 0 Å². The van der Waals surface area contributed by atoms with E-state index in [4.69, 9.17) is 0 Å². The zero-order valence-corrected chi connectivity index (χ0v) is 14.9. The lowest BCUT2D eigenvalue weighted by Gasteiger charge is -2.46. The fraction of sp³-hybridized carbons (Fsp3) is 1.00. The third-order valence-electron chi connectivity index (χ3n) is 4.71.